The molecule has 2 atom stereocenters. The topological polar surface area (TPSA) is 152 Å². The number of aliphatic imine (C=N–C) groups is 1. The largest absolute Gasteiger partial charge is 0.463 e. The van der Waals surface area contributed by atoms with Crippen molar-refractivity contribution in [3.05, 3.63) is 83.5 Å². The van der Waals surface area contributed by atoms with Crippen LogP contribution in [0.25, 0.3) is 22.6 Å². The van der Waals surface area contributed by atoms with E-state index in [1.807, 2.05) is 32.9 Å². The lowest BCUT2D eigenvalue weighted by Crippen LogP contribution is -2.47. The third kappa shape index (κ3) is 6.74. The minimum absolute atomic E-state index is 0.140. The van der Waals surface area contributed by atoms with Gasteiger partial charge >= 0.3 is 12.1 Å². The van der Waals surface area contributed by atoms with E-state index in [4.69, 9.17) is 27.1 Å². The Balaban J connectivity index is 1.38. The number of nitrogens with two attached hydrogens (primary N) is 1. The molecule has 0 saturated heterocycles. The lowest BCUT2D eigenvalue weighted by atomic mass is 9.75. The first-order chi connectivity index (χ1) is 23.1. The zero-order valence-electron chi connectivity index (χ0n) is 27.0. The number of halogens is 4. The number of hydrogen-bond donors (Lipinski definition) is 2. The predicted molar refractivity (Wildman–Crippen MR) is 175 cm³/mol. The minimum Gasteiger partial charge on any atom is -0.463 e. The maximum Gasteiger partial charge on any atom is 0.395 e. The molecule has 0 bridgehead atoms. The average molecular weight is 695 g/mol. The standard InChI is InChI=1S/C34H34ClF3N8O3/c1-31(2,3)18-33(22-7-4-20(5-8-22)25-16-40-12-13-41-25)29(48)46(30(39)44-33)26(17-49-27(47)15-32(10-11-32)34(36,37)38)21-6-9-24(35)23(14-21)28-42-19-43-45-28/h4-9,12-14,16,19,26H,10-11,15,17-18H2,1-3H3,(H2,39,44)(H,42,43,45)/t26-,33-/m1/s1. The number of ether oxygens (including phenoxy) is 1. The van der Waals surface area contributed by atoms with Gasteiger partial charge in [-0.3, -0.25) is 29.6 Å². The van der Waals surface area contributed by atoms with Crippen LogP contribution in [0.1, 0.15) is 63.6 Å². The number of aromatic nitrogens is 5. The molecular formula is C34H34ClF3N8O3. The molecule has 3 N–H and O–H groups in total. The molecule has 1 fully saturated rings. The summed E-state index contributed by atoms with van der Waals surface area (Å²) in [6, 6.07) is 11.0. The smallest absolute Gasteiger partial charge is 0.395 e. The lowest BCUT2D eigenvalue weighted by molar-refractivity contribution is -0.195. The van der Waals surface area contributed by atoms with Gasteiger partial charge in [0.1, 0.15) is 12.9 Å². The molecule has 1 aliphatic carbocycles. The number of carbonyl (C=O) groups excluding carboxylic acids is 2. The number of hydrogen-bond acceptors (Lipinski definition) is 9. The molecule has 3 heterocycles. The monoisotopic (exact) mass is 694 g/mol. The van der Waals surface area contributed by atoms with Crippen LogP contribution in [-0.4, -0.2) is 60.7 Å². The summed E-state index contributed by atoms with van der Waals surface area (Å²) < 4.78 is 46.5. The molecule has 1 aliphatic heterocycles. The number of aromatic amines is 1. The molecule has 1 amide bonds. The van der Waals surface area contributed by atoms with Crippen molar-refractivity contribution in [2.75, 3.05) is 6.61 Å². The number of rotatable bonds is 10. The predicted octanol–water partition coefficient (Wildman–Crippen LogP) is 6.39. The first kappa shape index (κ1) is 34.0. The van der Waals surface area contributed by atoms with Gasteiger partial charge in [0.25, 0.3) is 5.91 Å². The maximum absolute atomic E-state index is 14.8. The van der Waals surface area contributed by atoms with Crippen LogP contribution in [0.4, 0.5) is 13.2 Å². The second kappa shape index (κ2) is 12.6. The Morgan fingerprint density at radius 2 is 1.84 bits per heavy atom. The van der Waals surface area contributed by atoms with Gasteiger partial charge in [-0.25, -0.2) is 9.98 Å². The zero-order valence-corrected chi connectivity index (χ0v) is 27.7. The fourth-order valence-electron chi connectivity index (χ4n) is 6.24. The number of carbonyl (C=O) groups is 2. The Kier molecular flexibility index (Phi) is 8.72. The average Bonchev–Trinajstić information content (AvgIpc) is 3.55. The second-order valence-electron chi connectivity index (χ2n) is 13.6. The van der Waals surface area contributed by atoms with Gasteiger partial charge in [0.05, 0.1) is 34.8 Å². The van der Waals surface area contributed by atoms with Gasteiger partial charge in [0, 0.05) is 23.5 Å². The molecule has 2 aliphatic rings. The van der Waals surface area contributed by atoms with E-state index >= 15 is 0 Å². The van der Waals surface area contributed by atoms with Crippen LogP contribution in [0.5, 0.6) is 0 Å². The van der Waals surface area contributed by atoms with Gasteiger partial charge in [-0.2, -0.15) is 18.3 Å². The third-order valence-corrected chi connectivity index (χ3v) is 9.16. The van der Waals surface area contributed by atoms with Gasteiger partial charge in [-0.15, -0.1) is 0 Å². The SMILES string of the molecule is CC(C)(C)C[C@]1(c2ccc(-c3cnccn3)cc2)N=C(N)N([C@H](COC(=O)CC2(C(F)(F)F)CC2)c2ccc(Cl)c(-c3ncn[nH]3)c2)C1=O. The highest BCUT2D eigenvalue weighted by atomic mass is 35.5. The third-order valence-electron chi connectivity index (χ3n) is 8.83. The van der Waals surface area contributed by atoms with Crippen molar-refractivity contribution < 1.29 is 27.5 Å². The van der Waals surface area contributed by atoms with Crippen LogP contribution in [0.15, 0.2) is 72.4 Å². The van der Waals surface area contributed by atoms with Gasteiger partial charge in [0.2, 0.25) is 0 Å². The fourth-order valence-corrected chi connectivity index (χ4v) is 6.44. The molecule has 49 heavy (non-hydrogen) atoms. The molecule has 1 saturated carbocycles. The van der Waals surface area contributed by atoms with E-state index in [0.717, 1.165) is 5.56 Å². The summed E-state index contributed by atoms with van der Waals surface area (Å²) in [7, 11) is 0. The highest BCUT2D eigenvalue weighted by Gasteiger charge is 2.64. The number of nitrogens with zero attached hydrogens (tertiary/aromatic N) is 6. The summed E-state index contributed by atoms with van der Waals surface area (Å²) >= 11 is 6.50. The fraction of sp³-hybridized carbons (Fsp3) is 0.382. The number of H-pyrrole nitrogens is 1. The Labute approximate surface area is 285 Å². The van der Waals surface area contributed by atoms with E-state index in [9.17, 15) is 22.8 Å². The van der Waals surface area contributed by atoms with Crippen LogP contribution in [0, 0.1) is 10.8 Å². The molecule has 15 heteroatoms. The Hall–Kier alpha value is -4.85. The molecule has 6 rings (SSSR count). The van der Waals surface area contributed by atoms with Crippen LogP contribution in [0.3, 0.4) is 0 Å². The van der Waals surface area contributed by atoms with Gasteiger partial charge in [-0.05, 0) is 47.9 Å². The summed E-state index contributed by atoms with van der Waals surface area (Å²) in [5.74, 6) is -1.33. The number of benzene rings is 2. The van der Waals surface area contributed by atoms with Crippen molar-refractivity contribution in [3.8, 4) is 22.6 Å². The first-order valence-corrected chi connectivity index (χ1v) is 15.9. The molecule has 2 aromatic carbocycles. The highest BCUT2D eigenvalue weighted by molar-refractivity contribution is 6.33. The van der Waals surface area contributed by atoms with E-state index in [-0.39, 0.29) is 25.2 Å². The van der Waals surface area contributed by atoms with Gasteiger partial charge < -0.3 is 10.5 Å². The van der Waals surface area contributed by atoms with E-state index in [2.05, 4.69) is 25.1 Å². The van der Waals surface area contributed by atoms with Crippen LogP contribution in [-0.2, 0) is 19.9 Å². The van der Waals surface area contributed by atoms with Crippen molar-refractivity contribution >= 4 is 29.4 Å². The van der Waals surface area contributed by atoms with E-state index < -0.39 is 53.5 Å². The molecule has 11 nitrogen and oxygen atoms in total. The number of guanidine groups is 1. The number of nitrogens with one attached hydrogen (secondary N) is 1. The Morgan fingerprint density at radius 3 is 2.43 bits per heavy atom. The number of alkyl halides is 3. The van der Waals surface area contributed by atoms with Crippen LogP contribution >= 0.6 is 11.6 Å². The van der Waals surface area contributed by atoms with Gasteiger partial charge in [-0.1, -0.05) is 62.7 Å². The summed E-state index contributed by atoms with van der Waals surface area (Å²) in [6.07, 6.45) is 0.679. The molecule has 0 unspecified atom stereocenters. The summed E-state index contributed by atoms with van der Waals surface area (Å²) in [6.45, 7) is 5.42. The number of amides is 1. The van der Waals surface area contributed by atoms with Crippen molar-refractivity contribution in [1.82, 2.24) is 30.0 Å². The molecular weight excluding hydrogens is 661 g/mol. The van der Waals surface area contributed by atoms with Gasteiger partial charge in [0.15, 0.2) is 17.3 Å². The van der Waals surface area contributed by atoms with Crippen LogP contribution < -0.4 is 5.73 Å². The molecule has 256 valence electrons. The van der Waals surface area contributed by atoms with Crippen LogP contribution in [0.2, 0.25) is 5.02 Å². The van der Waals surface area contributed by atoms with E-state index in [0.29, 0.717) is 33.2 Å². The highest BCUT2D eigenvalue weighted by Crippen LogP contribution is 2.60. The minimum atomic E-state index is -4.54. The molecule has 4 aromatic rings. The van der Waals surface area contributed by atoms with Crippen molar-refractivity contribution in [2.45, 2.75) is 64.2 Å². The number of esters is 1. The van der Waals surface area contributed by atoms with E-state index in [1.54, 1.807) is 48.9 Å². The quantitative estimate of drug-likeness (QED) is 0.181. The molecule has 0 radical (unpaired) electrons. The summed E-state index contributed by atoms with van der Waals surface area (Å²) in [4.78, 5) is 46.5. The zero-order chi connectivity index (χ0) is 35.2. The van der Waals surface area contributed by atoms with Crippen molar-refractivity contribution in [1.29, 1.82) is 0 Å². The Morgan fingerprint density at radius 1 is 1.10 bits per heavy atom. The van der Waals surface area contributed by atoms with E-state index in [1.165, 1.54) is 11.2 Å². The summed E-state index contributed by atoms with van der Waals surface area (Å²) in [5, 5.41) is 6.94. The molecule has 0 spiro atoms. The first-order valence-electron chi connectivity index (χ1n) is 15.6. The Bertz CT molecular complexity index is 1880. The maximum atomic E-state index is 14.8. The summed E-state index contributed by atoms with van der Waals surface area (Å²) in [5.41, 5.74) is 5.46. The van der Waals surface area contributed by atoms with Crippen molar-refractivity contribution in [3.63, 3.8) is 0 Å². The normalized spacial score (nSPS) is 19.4. The lowest BCUT2D eigenvalue weighted by Gasteiger charge is -2.35. The second-order valence-corrected chi connectivity index (χ2v) is 14.0. The van der Waals surface area contributed by atoms with Crippen molar-refractivity contribution in [2.24, 2.45) is 21.6 Å². The molecule has 2 aromatic heterocycles.